The summed E-state index contributed by atoms with van der Waals surface area (Å²) in [6.45, 7) is 13.4. The van der Waals surface area contributed by atoms with Crippen LogP contribution in [0, 0.1) is 22.7 Å². The van der Waals surface area contributed by atoms with Crippen LogP contribution in [0.5, 0.6) is 0 Å². The molecular weight excluding hydrogens is 222 g/mol. The number of hydrogen-bond acceptors (Lipinski definition) is 1. The van der Waals surface area contributed by atoms with Crippen molar-refractivity contribution in [1.29, 1.82) is 0 Å². The minimum absolute atomic E-state index is 0.0505. The van der Waals surface area contributed by atoms with Gasteiger partial charge >= 0.3 is 0 Å². The summed E-state index contributed by atoms with van der Waals surface area (Å²) in [6.07, 6.45) is -2.76. The fraction of sp³-hybridized carbons (Fsp3) is 1.00. The number of alkyl halides is 2. The highest BCUT2D eigenvalue weighted by Crippen LogP contribution is 2.47. The molecule has 1 nitrogen and oxygen atoms in total. The maximum absolute atomic E-state index is 12.8. The molecular formula is C14H26F2O. The Morgan fingerprint density at radius 2 is 1.41 bits per heavy atom. The van der Waals surface area contributed by atoms with Gasteiger partial charge in [-0.1, -0.05) is 41.5 Å². The summed E-state index contributed by atoms with van der Waals surface area (Å²) >= 11 is 0. The lowest BCUT2D eigenvalue weighted by atomic mass is 9.62. The zero-order valence-electron chi connectivity index (χ0n) is 11.9. The van der Waals surface area contributed by atoms with Crippen molar-refractivity contribution in [1.82, 2.24) is 0 Å². The topological polar surface area (TPSA) is 9.23 Å². The Hall–Kier alpha value is -0.180. The van der Waals surface area contributed by atoms with E-state index in [1.54, 1.807) is 0 Å². The van der Waals surface area contributed by atoms with Gasteiger partial charge in [0.1, 0.15) is 6.10 Å². The smallest absolute Gasteiger partial charge is 0.264 e. The molecule has 1 heterocycles. The van der Waals surface area contributed by atoms with Gasteiger partial charge in [-0.2, -0.15) is 0 Å². The summed E-state index contributed by atoms with van der Waals surface area (Å²) in [7, 11) is 0. The summed E-state index contributed by atoms with van der Waals surface area (Å²) in [5.41, 5.74) is 0.153. The monoisotopic (exact) mass is 248 g/mol. The van der Waals surface area contributed by atoms with E-state index in [0.29, 0.717) is 18.9 Å². The molecule has 2 unspecified atom stereocenters. The third-order valence-corrected chi connectivity index (χ3v) is 3.97. The predicted octanol–water partition coefficient (Wildman–Crippen LogP) is 4.37. The van der Waals surface area contributed by atoms with Gasteiger partial charge in [0.05, 0.1) is 6.61 Å². The molecule has 0 aromatic rings. The summed E-state index contributed by atoms with van der Waals surface area (Å²) < 4.78 is 30.9. The van der Waals surface area contributed by atoms with Crippen molar-refractivity contribution in [3.05, 3.63) is 0 Å². The molecule has 0 spiro atoms. The molecule has 0 bridgehead atoms. The zero-order chi connectivity index (χ0) is 13.4. The van der Waals surface area contributed by atoms with Crippen LogP contribution >= 0.6 is 0 Å². The van der Waals surface area contributed by atoms with E-state index in [1.165, 1.54) is 0 Å². The number of ether oxygens (including phenoxy) is 1. The standard InChI is InChI=1S/C14H26F2O/c1-13(2,3)9-7-11(12(15)16)17-8-10(9)14(4,5)6/h9-12H,7-8H2,1-6H3/t9-,10?,11?/m0/s1. The molecule has 1 aliphatic heterocycles. The van der Waals surface area contributed by atoms with E-state index in [4.69, 9.17) is 4.74 Å². The van der Waals surface area contributed by atoms with Crippen LogP contribution in [0.25, 0.3) is 0 Å². The molecule has 1 fully saturated rings. The van der Waals surface area contributed by atoms with Crippen molar-refractivity contribution in [2.45, 2.75) is 60.5 Å². The lowest BCUT2D eigenvalue weighted by Gasteiger charge is -2.48. The Balaban J connectivity index is 2.88. The Morgan fingerprint density at radius 1 is 0.941 bits per heavy atom. The van der Waals surface area contributed by atoms with Crippen LogP contribution in [-0.4, -0.2) is 19.1 Å². The maximum atomic E-state index is 12.8. The Morgan fingerprint density at radius 3 is 1.76 bits per heavy atom. The Labute approximate surface area is 104 Å². The average molecular weight is 248 g/mol. The van der Waals surface area contributed by atoms with Gasteiger partial charge in [-0.05, 0) is 29.1 Å². The van der Waals surface area contributed by atoms with E-state index in [1.807, 2.05) is 0 Å². The fourth-order valence-electron chi connectivity index (χ4n) is 2.81. The number of hydrogen-bond donors (Lipinski definition) is 0. The van der Waals surface area contributed by atoms with Crippen molar-refractivity contribution in [2.75, 3.05) is 6.61 Å². The molecule has 0 aromatic heterocycles. The second-order valence-electron chi connectivity index (χ2n) is 7.39. The molecule has 1 aliphatic rings. The second-order valence-corrected chi connectivity index (χ2v) is 7.39. The first-order valence-corrected chi connectivity index (χ1v) is 6.43. The highest BCUT2D eigenvalue weighted by Gasteiger charge is 2.45. The summed E-state index contributed by atoms with van der Waals surface area (Å²) in [5, 5.41) is 0. The molecule has 0 aliphatic carbocycles. The fourth-order valence-corrected chi connectivity index (χ4v) is 2.81. The van der Waals surface area contributed by atoms with Gasteiger partial charge in [0, 0.05) is 0 Å². The Kier molecular flexibility index (Phi) is 4.23. The molecule has 0 saturated carbocycles. The number of halogens is 2. The lowest BCUT2D eigenvalue weighted by Crippen LogP contribution is -2.47. The van der Waals surface area contributed by atoms with Gasteiger partial charge in [0.15, 0.2) is 0 Å². The molecule has 17 heavy (non-hydrogen) atoms. The first-order chi connectivity index (χ1) is 7.53. The molecule has 3 atom stereocenters. The van der Waals surface area contributed by atoms with Crippen molar-refractivity contribution < 1.29 is 13.5 Å². The first-order valence-electron chi connectivity index (χ1n) is 6.43. The van der Waals surface area contributed by atoms with Crippen molar-refractivity contribution in [3.63, 3.8) is 0 Å². The summed E-state index contributed by atoms with van der Waals surface area (Å²) in [5.74, 6) is 0.632. The van der Waals surface area contributed by atoms with Gasteiger partial charge in [-0.3, -0.25) is 0 Å². The lowest BCUT2D eigenvalue weighted by molar-refractivity contribution is -0.151. The van der Waals surface area contributed by atoms with Crippen LogP contribution in [-0.2, 0) is 4.74 Å². The van der Waals surface area contributed by atoms with Gasteiger partial charge in [-0.25, -0.2) is 8.78 Å². The van der Waals surface area contributed by atoms with Gasteiger partial charge in [0.2, 0.25) is 0 Å². The minimum Gasteiger partial charge on any atom is -0.372 e. The van der Waals surface area contributed by atoms with E-state index in [0.717, 1.165) is 0 Å². The highest BCUT2D eigenvalue weighted by molar-refractivity contribution is 4.91. The predicted molar refractivity (Wildman–Crippen MR) is 66.3 cm³/mol. The Bertz CT molecular complexity index is 250. The molecule has 1 saturated heterocycles. The normalized spacial score (nSPS) is 31.9. The van der Waals surface area contributed by atoms with E-state index in [9.17, 15) is 8.78 Å². The van der Waals surface area contributed by atoms with Gasteiger partial charge < -0.3 is 4.74 Å². The highest BCUT2D eigenvalue weighted by atomic mass is 19.3. The van der Waals surface area contributed by atoms with Crippen molar-refractivity contribution >= 4 is 0 Å². The molecule has 3 heteroatoms. The molecule has 0 N–H and O–H groups in total. The zero-order valence-corrected chi connectivity index (χ0v) is 11.9. The SMILES string of the molecule is CC(C)(C)C1COC(C(F)F)C[C@@H]1C(C)(C)C. The second kappa shape index (κ2) is 4.83. The minimum atomic E-state index is -2.36. The first kappa shape index (κ1) is 14.9. The average Bonchev–Trinajstić information content (AvgIpc) is 2.14. The van der Waals surface area contributed by atoms with Crippen LogP contribution in [0.2, 0.25) is 0 Å². The van der Waals surface area contributed by atoms with Gasteiger partial charge in [0.25, 0.3) is 6.43 Å². The molecule has 0 aromatic carbocycles. The summed E-state index contributed by atoms with van der Waals surface area (Å²) in [4.78, 5) is 0. The largest absolute Gasteiger partial charge is 0.372 e. The van der Waals surface area contributed by atoms with E-state index < -0.39 is 12.5 Å². The van der Waals surface area contributed by atoms with Gasteiger partial charge in [-0.15, -0.1) is 0 Å². The number of rotatable bonds is 1. The van der Waals surface area contributed by atoms with Crippen LogP contribution < -0.4 is 0 Å². The third kappa shape index (κ3) is 3.64. The van der Waals surface area contributed by atoms with Crippen LogP contribution in [0.15, 0.2) is 0 Å². The van der Waals surface area contributed by atoms with E-state index >= 15 is 0 Å². The van der Waals surface area contributed by atoms with Crippen molar-refractivity contribution in [2.24, 2.45) is 22.7 Å². The van der Waals surface area contributed by atoms with Crippen LogP contribution in [0.3, 0.4) is 0 Å². The third-order valence-electron chi connectivity index (χ3n) is 3.97. The van der Waals surface area contributed by atoms with Crippen molar-refractivity contribution in [3.8, 4) is 0 Å². The quantitative estimate of drug-likeness (QED) is 0.669. The molecule has 0 amide bonds. The molecule has 0 radical (unpaired) electrons. The van der Waals surface area contributed by atoms with E-state index in [2.05, 4.69) is 41.5 Å². The summed E-state index contributed by atoms with van der Waals surface area (Å²) in [6, 6.07) is 0. The van der Waals surface area contributed by atoms with Crippen LogP contribution in [0.4, 0.5) is 8.78 Å². The van der Waals surface area contributed by atoms with E-state index in [-0.39, 0.29) is 16.7 Å². The molecule has 1 rings (SSSR count). The van der Waals surface area contributed by atoms with Crippen LogP contribution in [0.1, 0.15) is 48.0 Å². The maximum Gasteiger partial charge on any atom is 0.264 e. The molecule has 102 valence electrons.